The Bertz CT molecular complexity index is 766. The summed E-state index contributed by atoms with van der Waals surface area (Å²) in [6.07, 6.45) is 0. The number of hydrogen-bond donors (Lipinski definition) is 2. The standard InChI is InChI=1S/C12H10Cl2FNO4S/c1-6-11(4-8(5-17)20-6)21(18,19)16-7-2-9(13)12(15)10(14)3-7/h2-4,16-17H,5H2,1H3. The zero-order valence-electron chi connectivity index (χ0n) is 10.7. The van der Waals surface area contributed by atoms with Gasteiger partial charge in [-0.15, -0.1) is 0 Å². The topological polar surface area (TPSA) is 79.5 Å². The second-order valence-electron chi connectivity index (χ2n) is 4.15. The Hall–Kier alpha value is -1.28. The maximum Gasteiger partial charge on any atom is 0.265 e. The molecule has 2 aromatic rings. The van der Waals surface area contributed by atoms with Gasteiger partial charge in [-0.05, 0) is 19.1 Å². The van der Waals surface area contributed by atoms with Crippen molar-refractivity contribution >= 4 is 38.9 Å². The van der Waals surface area contributed by atoms with Crippen molar-refractivity contribution in [2.45, 2.75) is 18.4 Å². The first-order valence-corrected chi connectivity index (χ1v) is 7.86. The summed E-state index contributed by atoms with van der Waals surface area (Å²) in [5.41, 5.74) is 0.0116. The summed E-state index contributed by atoms with van der Waals surface area (Å²) >= 11 is 11.2. The van der Waals surface area contributed by atoms with Crippen LogP contribution in [0.1, 0.15) is 11.5 Å². The first-order valence-electron chi connectivity index (χ1n) is 5.62. The molecule has 2 N–H and O–H groups in total. The normalized spacial score (nSPS) is 11.7. The minimum absolute atomic E-state index is 0.0116. The number of hydrogen-bond acceptors (Lipinski definition) is 4. The number of rotatable bonds is 4. The van der Waals surface area contributed by atoms with E-state index in [1.165, 1.54) is 13.0 Å². The van der Waals surface area contributed by atoms with Crippen molar-refractivity contribution in [1.29, 1.82) is 0 Å². The molecular weight excluding hydrogens is 344 g/mol. The molecule has 0 saturated heterocycles. The van der Waals surface area contributed by atoms with Gasteiger partial charge in [0.05, 0.1) is 15.7 Å². The molecule has 0 spiro atoms. The molecule has 1 aromatic carbocycles. The van der Waals surface area contributed by atoms with Gasteiger partial charge in [0, 0.05) is 6.07 Å². The van der Waals surface area contributed by atoms with Gasteiger partial charge in [-0.3, -0.25) is 4.72 Å². The average molecular weight is 354 g/mol. The van der Waals surface area contributed by atoms with Gasteiger partial charge < -0.3 is 9.52 Å². The van der Waals surface area contributed by atoms with Crippen LogP contribution < -0.4 is 4.72 Å². The molecule has 21 heavy (non-hydrogen) atoms. The third-order valence-electron chi connectivity index (χ3n) is 2.60. The molecule has 0 radical (unpaired) electrons. The fourth-order valence-electron chi connectivity index (χ4n) is 1.69. The lowest BCUT2D eigenvalue weighted by Gasteiger charge is -2.08. The van der Waals surface area contributed by atoms with Gasteiger partial charge in [0.15, 0.2) is 5.82 Å². The second kappa shape index (κ2) is 5.84. The van der Waals surface area contributed by atoms with Gasteiger partial charge in [0.2, 0.25) is 0 Å². The number of furan rings is 1. The van der Waals surface area contributed by atoms with Crippen LogP contribution in [0.25, 0.3) is 0 Å². The highest BCUT2D eigenvalue weighted by Gasteiger charge is 2.22. The van der Waals surface area contributed by atoms with Crippen LogP contribution in [-0.2, 0) is 16.6 Å². The quantitative estimate of drug-likeness (QED) is 0.826. The minimum atomic E-state index is -3.97. The molecule has 0 unspecified atom stereocenters. The Balaban J connectivity index is 2.39. The van der Waals surface area contributed by atoms with E-state index in [0.29, 0.717) is 0 Å². The van der Waals surface area contributed by atoms with Crippen molar-refractivity contribution in [1.82, 2.24) is 0 Å². The first-order chi connectivity index (χ1) is 9.74. The smallest absolute Gasteiger partial charge is 0.265 e. The highest BCUT2D eigenvalue weighted by Crippen LogP contribution is 2.29. The molecule has 114 valence electrons. The van der Waals surface area contributed by atoms with E-state index in [1.807, 2.05) is 0 Å². The Morgan fingerprint density at radius 3 is 2.33 bits per heavy atom. The third kappa shape index (κ3) is 3.32. The molecule has 0 fully saturated rings. The van der Waals surface area contributed by atoms with Gasteiger partial charge in [0.25, 0.3) is 10.0 Å². The van der Waals surface area contributed by atoms with E-state index in [1.54, 1.807) is 0 Å². The number of benzene rings is 1. The lowest BCUT2D eigenvalue weighted by atomic mass is 10.3. The maximum atomic E-state index is 13.3. The zero-order valence-corrected chi connectivity index (χ0v) is 13.0. The number of sulfonamides is 1. The Morgan fingerprint density at radius 1 is 1.29 bits per heavy atom. The summed E-state index contributed by atoms with van der Waals surface area (Å²) in [5, 5.41) is 8.34. The first kappa shape index (κ1) is 16.1. The van der Waals surface area contributed by atoms with Crippen LogP contribution in [0, 0.1) is 12.7 Å². The number of aliphatic hydroxyl groups excluding tert-OH is 1. The number of halogens is 3. The van der Waals surface area contributed by atoms with E-state index in [0.717, 1.165) is 12.1 Å². The largest absolute Gasteiger partial charge is 0.462 e. The predicted octanol–water partition coefficient (Wildman–Crippen LogP) is 3.33. The number of anilines is 1. The Morgan fingerprint density at radius 2 is 1.86 bits per heavy atom. The number of nitrogens with one attached hydrogen (secondary N) is 1. The lowest BCUT2D eigenvalue weighted by Crippen LogP contribution is -2.13. The fraction of sp³-hybridized carbons (Fsp3) is 0.167. The molecule has 0 bridgehead atoms. The summed E-state index contributed by atoms with van der Waals surface area (Å²) in [4.78, 5) is -0.136. The second-order valence-corrected chi connectivity index (χ2v) is 6.62. The molecule has 0 atom stereocenters. The zero-order chi connectivity index (χ0) is 15.8. The van der Waals surface area contributed by atoms with Gasteiger partial charge in [-0.1, -0.05) is 23.2 Å². The van der Waals surface area contributed by atoms with Crippen molar-refractivity contribution in [2.24, 2.45) is 0 Å². The van der Waals surface area contributed by atoms with Gasteiger partial charge >= 0.3 is 0 Å². The third-order valence-corrected chi connectivity index (χ3v) is 4.64. The highest BCUT2D eigenvalue weighted by molar-refractivity contribution is 7.92. The molecule has 2 rings (SSSR count). The van der Waals surface area contributed by atoms with E-state index in [4.69, 9.17) is 32.7 Å². The minimum Gasteiger partial charge on any atom is -0.462 e. The molecule has 5 nitrogen and oxygen atoms in total. The summed E-state index contributed by atoms with van der Waals surface area (Å²) in [7, 11) is -3.97. The summed E-state index contributed by atoms with van der Waals surface area (Å²) in [6.45, 7) is 1.02. The van der Waals surface area contributed by atoms with E-state index < -0.39 is 22.4 Å². The van der Waals surface area contributed by atoms with E-state index >= 15 is 0 Å². The SMILES string of the molecule is Cc1oc(CO)cc1S(=O)(=O)Nc1cc(Cl)c(F)c(Cl)c1. The van der Waals surface area contributed by atoms with Crippen molar-refractivity contribution in [3.05, 3.63) is 45.6 Å². The van der Waals surface area contributed by atoms with Gasteiger partial charge in [-0.2, -0.15) is 0 Å². The van der Waals surface area contributed by atoms with Crippen molar-refractivity contribution in [3.8, 4) is 0 Å². The Kier molecular flexibility index (Phi) is 4.48. The molecule has 9 heteroatoms. The van der Waals surface area contributed by atoms with Crippen LogP contribution in [-0.4, -0.2) is 13.5 Å². The predicted molar refractivity (Wildman–Crippen MR) is 76.6 cm³/mol. The lowest BCUT2D eigenvalue weighted by molar-refractivity contribution is 0.245. The van der Waals surface area contributed by atoms with Crippen LogP contribution in [0.15, 0.2) is 27.5 Å². The van der Waals surface area contributed by atoms with Crippen molar-refractivity contribution in [3.63, 3.8) is 0 Å². The number of aliphatic hydroxyl groups is 1. The summed E-state index contributed by atoms with van der Waals surface area (Å²) in [6, 6.07) is 3.40. The monoisotopic (exact) mass is 353 g/mol. The fourth-order valence-corrected chi connectivity index (χ4v) is 3.43. The van der Waals surface area contributed by atoms with E-state index in [2.05, 4.69) is 4.72 Å². The van der Waals surface area contributed by atoms with Gasteiger partial charge in [0.1, 0.15) is 23.0 Å². The summed E-state index contributed by atoms with van der Waals surface area (Å²) < 4.78 is 45.0. The van der Waals surface area contributed by atoms with E-state index in [9.17, 15) is 12.8 Å². The molecule has 1 aromatic heterocycles. The highest BCUT2D eigenvalue weighted by atomic mass is 35.5. The van der Waals surface area contributed by atoms with Gasteiger partial charge in [-0.25, -0.2) is 12.8 Å². The molecule has 0 aliphatic rings. The van der Waals surface area contributed by atoms with Crippen LogP contribution in [0.4, 0.5) is 10.1 Å². The van der Waals surface area contributed by atoms with E-state index in [-0.39, 0.29) is 32.1 Å². The number of aryl methyl sites for hydroxylation is 1. The average Bonchev–Trinajstić information content (AvgIpc) is 2.77. The molecule has 0 saturated carbocycles. The van der Waals surface area contributed by atoms with Crippen LogP contribution in [0.2, 0.25) is 10.0 Å². The molecule has 0 aliphatic heterocycles. The molecule has 0 amide bonds. The molecule has 1 heterocycles. The maximum absolute atomic E-state index is 13.3. The van der Waals surface area contributed by atoms with Crippen molar-refractivity contribution < 1.29 is 22.3 Å². The van der Waals surface area contributed by atoms with Crippen molar-refractivity contribution in [2.75, 3.05) is 4.72 Å². The summed E-state index contributed by atoms with van der Waals surface area (Å²) in [5.74, 6) is -0.600. The Labute approximate surface area is 130 Å². The van der Waals surface area contributed by atoms with Crippen LogP contribution in [0.3, 0.4) is 0 Å². The molecular formula is C12H10Cl2FNO4S. The van der Waals surface area contributed by atoms with Crippen LogP contribution in [0.5, 0.6) is 0 Å². The van der Waals surface area contributed by atoms with Crippen LogP contribution >= 0.6 is 23.2 Å². The molecule has 0 aliphatic carbocycles.